The summed E-state index contributed by atoms with van der Waals surface area (Å²) >= 11 is 0. The van der Waals surface area contributed by atoms with Crippen molar-refractivity contribution in [1.29, 1.82) is 0 Å². The molecule has 0 fully saturated rings. The third-order valence-electron chi connectivity index (χ3n) is 2.97. The fourth-order valence-electron chi connectivity index (χ4n) is 1.81. The van der Waals surface area contributed by atoms with Crippen LogP contribution in [0.25, 0.3) is 0 Å². The van der Waals surface area contributed by atoms with Gasteiger partial charge in [-0.25, -0.2) is 13.2 Å². The molecule has 1 atom stereocenters. The number of aliphatic hydroxyl groups excluding tert-OH is 1. The largest absolute Gasteiger partial charge is 0.478 e. The number of hydrogen-bond donors (Lipinski definition) is 2. The molecule has 0 saturated heterocycles. The summed E-state index contributed by atoms with van der Waals surface area (Å²) in [5.41, 5.74) is 0.408. The summed E-state index contributed by atoms with van der Waals surface area (Å²) in [6.45, 7) is 1.45. The van der Waals surface area contributed by atoms with E-state index >= 15 is 0 Å². The number of methoxy groups -OCH3 is 1. The first kappa shape index (κ1) is 17.6. The number of ether oxygens (including phenoxy) is 1. The van der Waals surface area contributed by atoms with E-state index in [0.29, 0.717) is 5.56 Å². The average Bonchev–Trinajstić information content (AvgIpc) is 2.38. The minimum atomic E-state index is -3.87. The maximum atomic E-state index is 12.3. The lowest BCUT2D eigenvalue weighted by Gasteiger charge is -2.20. The van der Waals surface area contributed by atoms with Gasteiger partial charge in [0.15, 0.2) is 0 Å². The highest BCUT2D eigenvalue weighted by Crippen LogP contribution is 2.19. The zero-order valence-electron chi connectivity index (χ0n) is 12.1. The number of carbonyl (C=O) groups is 1. The maximum absolute atomic E-state index is 12.3. The van der Waals surface area contributed by atoms with Crippen LogP contribution in [0.4, 0.5) is 0 Å². The lowest BCUT2D eigenvalue weighted by molar-refractivity contribution is 0.0554. The molecule has 0 saturated carbocycles. The van der Waals surface area contributed by atoms with Gasteiger partial charge in [0.1, 0.15) is 0 Å². The third kappa shape index (κ3) is 4.24. The normalized spacial score (nSPS) is 13.4. The SMILES string of the molecule is COCC(O)CN(C)S(=O)(=O)c1ccc(C)c(C(=O)O)c1. The monoisotopic (exact) mass is 317 g/mol. The number of aliphatic hydroxyl groups is 1. The van der Waals surface area contributed by atoms with Crippen molar-refractivity contribution >= 4 is 16.0 Å². The lowest BCUT2D eigenvalue weighted by atomic mass is 10.1. The van der Waals surface area contributed by atoms with Gasteiger partial charge in [-0.1, -0.05) is 6.07 Å². The molecule has 1 rings (SSSR count). The summed E-state index contributed by atoms with van der Waals surface area (Å²) in [5, 5.41) is 18.6. The Morgan fingerprint density at radius 3 is 2.57 bits per heavy atom. The molecule has 2 N–H and O–H groups in total. The zero-order valence-corrected chi connectivity index (χ0v) is 12.9. The predicted molar refractivity (Wildman–Crippen MR) is 75.8 cm³/mol. The zero-order chi connectivity index (χ0) is 16.2. The molecule has 7 nitrogen and oxygen atoms in total. The minimum absolute atomic E-state index is 0.00807. The van der Waals surface area contributed by atoms with Crippen molar-refractivity contribution in [3.05, 3.63) is 29.3 Å². The van der Waals surface area contributed by atoms with Crippen LogP contribution in [0.3, 0.4) is 0 Å². The molecule has 0 aliphatic carbocycles. The Kier molecular flexibility index (Phi) is 5.85. The van der Waals surface area contributed by atoms with E-state index in [9.17, 15) is 18.3 Å². The number of rotatable bonds is 7. The topological polar surface area (TPSA) is 104 Å². The van der Waals surface area contributed by atoms with Gasteiger partial charge < -0.3 is 14.9 Å². The van der Waals surface area contributed by atoms with Gasteiger partial charge in [0.25, 0.3) is 0 Å². The van der Waals surface area contributed by atoms with Crippen molar-refractivity contribution in [1.82, 2.24) is 4.31 Å². The van der Waals surface area contributed by atoms with E-state index in [1.165, 1.54) is 26.3 Å². The van der Waals surface area contributed by atoms with Crippen molar-refractivity contribution in [2.24, 2.45) is 0 Å². The van der Waals surface area contributed by atoms with Gasteiger partial charge >= 0.3 is 5.97 Å². The highest BCUT2D eigenvalue weighted by molar-refractivity contribution is 7.89. The Hall–Kier alpha value is -1.48. The van der Waals surface area contributed by atoms with Gasteiger partial charge in [0.2, 0.25) is 10.0 Å². The second-order valence-electron chi connectivity index (χ2n) is 4.68. The molecular weight excluding hydrogens is 298 g/mol. The Morgan fingerprint density at radius 2 is 2.05 bits per heavy atom. The molecule has 0 bridgehead atoms. The fourth-order valence-corrected chi connectivity index (χ4v) is 3.05. The summed E-state index contributed by atoms with van der Waals surface area (Å²) in [6.07, 6.45) is -0.959. The number of hydrogen-bond acceptors (Lipinski definition) is 5. The van der Waals surface area contributed by atoms with Crippen LogP contribution in [0.5, 0.6) is 0 Å². The van der Waals surface area contributed by atoms with Crippen molar-refractivity contribution in [3.63, 3.8) is 0 Å². The molecule has 21 heavy (non-hydrogen) atoms. The second kappa shape index (κ2) is 6.99. The first-order chi connectivity index (χ1) is 9.70. The number of nitrogens with zero attached hydrogens (tertiary/aromatic N) is 1. The third-order valence-corrected chi connectivity index (χ3v) is 4.79. The van der Waals surface area contributed by atoms with Crippen LogP contribution in [0.2, 0.25) is 0 Å². The highest BCUT2D eigenvalue weighted by atomic mass is 32.2. The molecule has 0 spiro atoms. The molecule has 0 aliphatic rings. The summed E-state index contributed by atoms with van der Waals surface area (Å²) in [5.74, 6) is -1.19. The second-order valence-corrected chi connectivity index (χ2v) is 6.72. The summed E-state index contributed by atoms with van der Waals surface area (Å²) in [7, 11) is -1.16. The number of sulfonamides is 1. The van der Waals surface area contributed by atoms with Gasteiger partial charge in [0, 0.05) is 20.7 Å². The van der Waals surface area contributed by atoms with E-state index in [2.05, 4.69) is 0 Å². The molecule has 8 heteroatoms. The van der Waals surface area contributed by atoms with Crippen LogP contribution in [-0.2, 0) is 14.8 Å². The molecule has 0 aromatic heterocycles. The van der Waals surface area contributed by atoms with Crippen LogP contribution in [0.1, 0.15) is 15.9 Å². The van der Waals surface area contributed by atoms with Crippen molar-refractivity contribution in [2.75, 3.05) is 27.3 Å². The number of aryl methyl sites for hydroxylation is 1. The van der Waals surface area contributed by atoms with E-state index in [1.807, 2.05) is 0 Å². The molecule has 1 aromatic rings. The van der Waals surface area contributed by atoms with E-state index in [-0.39, 0.29) is 23.6 Å². The molecular formula is C13H19NO6S. The first-order valence-electron chi connectivity index (χ1n) is 6.17. The standard InChI is InChI=1S/C13H19NO6S/c1-9-4-5-11(6-12(9)13(16)17)21(18,19)14(2)7-10(15)8-20-3/h4-6,10,15H,7-8H2,1-3H3,(H,16,17). The summed E-state index contributed by atoms with van der Waals surface area (Å²) in [6, 6.07) is 3.90. The van der Waals surface area contributed by atoms with Crippen LogP contribution < -0.4 is 0 Å². The number of aromatic carboxylic acids is 1. The molecule has 0 amide bonds. The van der Waals surface area contributed by atoms with Crippen molar-refractivity contribution in [2.45, 2.75) is 17.9 Å². The molecule has 118 valence electrons. The quantitative estimate of drug-likeness (QED) is 0.750. The van der Waals surface area contributed by atoms with E-state index in [0.717, 1.165) is 10.4 Å². The lowest BCUT2D eigenvalue weighted by Crippen LogP contribution is -2.36. The highest BCUT2D eigenvalue weighted by Gasteiger charge is 2.24. The summed E-state index contributed by atoms with van der Waals surface area (Å²) in [4.78, 5) is 10.9. The van der Waals surface area contributed by atoms with Crippen LogP contribution in [-0.4, -0.2) is 62.3 Å². The minimum Gasteiger partial charge on any atom is -0.478 e. The van der Waals surface area contributed by atoms with E-state index < -0.39 is 22.1 Å². The predicted octanol–water partition coefficient (Wildman–Crippen LogP) is 0.321. The van der Waals surface area contributed by atoms with Crippen molar-refractivity contribution in [3.8, 4) is 0 Å². The smallest absolute Gasteiger partial charge is 0.335 e. The van der Waals surface area contributed by atoms with E-state index in [4.69, 9.17) is 9.84 Å². The number of carboxylic acid groups (broad SMARTS) is 1. The van der Waals surface area contributed by atoms with Crippen LogP contribution in [0.15, 0.2) is 23.1 Å². The Balaban J connectivity index is 3.07. The molecule has 1 aromatic carbocycles. The van der Waals surface area contributed by atoms with Crippen LogP contribution in [0, 0.1) is 6.92 Å². The Bertz CT molecular complexity index is 613. The van der Waals surface area contributed by atoms with Crippen molar-refractivity contribution < 1.29 is 28.2 Å². The fraction of sp³-hybridized carbons (Fsp3) is 0.462. The first-order valence-corrected chi connectivity index (χ1v) is 7.61. The van der Waals surface area contributed by atoms with Gasteiger partial charge in [-0.3, -0.25) is 0 Å². The Labute approximate surface area is 123 Å². The van der Waals surface area contributed by atoms with Crippen LogP contribution >= 0.6 is 0 Å². The average molecular weight is 317 g/mol. The van der Waals surface area contributed by atoms with E-state index in [1.54, 1.807) is 6.92 Å². The van der Waals surface area contributed by atoms with Gasteiger partial charge in [-0.2, -0.15) is 4.31 Å². The number of carboxylic acids is 1. The molecule has 0 aliphatic heterocycles. The molecule has 0 heterocycles. The van der Waals surface area contributed by atoms with Gasteiger partial charge in [0.05, 0.1) is 23.2 Å². The Morgan fingerprint density at radius 1 is 1.43 bits per heavy atom. The maximum Gasteiger partial charge on any atom is 0.335 e. The number of likely N-dealkylation sites (N-methyl/N-ethyl adjacent to an activating group) is 1. The van der Waals surface area contributed by atoms with Gasteiger partial charge in [-0.05, 0) is 24.6 Å². The molecule has 0 radical (unpaired) electrons. The summed E-state index contributed by atoms with van der Waals surface area (Å²) < 4.78 is 30.4. The molecule has 1 unspecified atom stereocenters. The number of benzene rings is 1. The van der Waals surface area contributed by atoms with Gasteiger partial charge in [-0.15, -0.1) is 0 Å².